The van der Waals surface area contributed by atoms with Gasteiger partial charge >= 0.3 is 0 Å². The fraction of sp³-hybridized carbons (Fsp3) is 0.269. The molecule has 0 saturated carbocycles. The van der Waals surface area contributed by atoms with Crippen LogP contribution in [-0.2, 0) is 10.0 Å². The lowest BCUT2D eigenvalue weighted by molar-refractivity contribution is 0.0227. The maximum atomic E-state index is 13.2. The zero-order valence-corrected chi connectivity index (χ0v) is 20.6. The monoisotopic (exact) mass is 498 g/mol. The van der Waals surface area contributed by atoms with Gasteiger partial charge in [0.2, 0.25) is 0 Å². The summed E-state index contributed by atoms with van der Waals surface area (Å²) in [5, 5.41) is 3.26. The molecule has 6 nitrogen and oxygen atoms in total. The second-order valence-corrected chi connectivity index (χ2v) is 10.5. The third-order valence-electron chi connectivity index (χ3n) is 6.31. The SMILES string of the molecule is CCC1(CC)C[C@@H](NC(=O)c2ccc(NS(=O)(=O)c3ccccc3)cc2Cl)c2ccccc2O1. The summed E-state index contributed by atoms with van der Waals surface area (Å²) in [6.45, 7) is 4.17. The lowest BCUT2D eigenvalue weighted by Gasteiger charge is -2.41. The van der Waals surface area contributed by atoms with Crippen LogP contribution in [0.25, 0.3) is 0 Å². The predicted octanol–water partition coefficient (Wildman–Crippen LogP) is 5.95. The maximum Gasteiger partial charge on any atom is 0.261 e. The topological polar surface area (TPSA) is 84.5 Å². The number of ether oxygens (including phenoxy) is 1. The minimum Gasteiger partial charge on any atom is -0.487 e. The van der Waals surface area contributed by atoms with E-state index in [4.69, 9.17) is 16.3 Å². The number of rotatable bonds is 7. The van der Waals surface area contributed by atoms with E-state index >= 15 is 0 Å². The molecular formula is C26H27ClN2O4S. The molecule has 0 saturated heterocycles. The van der Waals surface area contributed by atoms with E-state index in [1.807, 2.05) is 24.3 Å². The van der Waals surface area contributed by atoms with Crippen LogP contribution in [0, 0.1) is 0 Å². The molecule has 8 heteroatoms. The van der Waals surface area contributed by atoms with E-state index in [0.717, 1.165) is 24.2 Å². The van der Waals surface area contributed by atoms with Crippen LogP contribution in [0.15, 0.2) is 77.7 Å². The largest absolute Gasteiger partial charge is 0.487 e. The number of carbonyl (C=O) groups excluding carboxylic acids is 1. The Morgan fingerprint density at radius 2 is 1.71 bits per heavy atom. The van der Waals surface area contributed by atoms with Crippen molar-refractivity contribution in [1.29, 1.82) is 0 Å². The average molecular weight is 499 g/mol. The molecule has 4 rings (SSSR count). The number of hydrogen-bond donors (Lipinski definition) is 2. The van der Waals surface area contributed by atoms with Gasteiger partial charge in [-0.15, -0.1) is 0 Å². The number of fused-ring (bicyclic) bond motifs is 1. The van der Waals surface area contributed by atoms with Crippen molar-refractivity contribution in [2.24, 2.45) is 0 Å². The Labute approximate surface area is 205 Å². The molecule has 1 aliphatic rings. The number of halogens is 1. The van der Waals surface area contributed by atoms with Gasteiger partial charge in [0.15, 0.2) is 0 Å². The van der Waals surface area contributed by atoms with Gasteiger partial charge in [-0.3, -0.25) is 9.52 Å². The van der Waals surface area contributed by atoms with Crippen LogP contribution in [0.3, 0.4) is 0 Å². The number of sulfonamides is 1. The molecule has 0 radical (unpaired) electrons. The van der Waals surface area contributed by atoms with Crippen LogP contribution in [-0.4, -0.2) is 19.9 Å². The van der Waals surface area contributed by atoms with Crippen LogP contribution in [0.5, 0.6) is 5.75 Å². The highest BCUT2D eigenvalue weighted by atomic mass is 35.5. The normalized spacial score (nSPS) is 16.7. The summed E-state index contributed by atoms with van der Waals surface area (Å²) in [6.07, 6.45) is 2.29. The van der Waals surface area contributed by atoms with E-state index in [9.17, 15) is 13.2 Å². The summed E-state index contributed by atoms with van der Waals surface area (Å²) in [5.41, 5.74) is 1.12. The summed E-state index contributed by atoms with van der Waals surface area (Å²) in [5.74, 6) is 0.449. The summed E-state index contributed by atoms with van der Waals surface area (Å²) < 4.78 is 34.0. The quantitative estimate of drug-likeness (QED) is 0.421. The second-order valence-electron chi connectivity index (χ2n) is 8.37. The lowest BCUT2D eigenvalue weighted by atomic mass is 9.83. The third-order valence-corrected chi connectivity index (χ3v) is 8.02. The van der Waals surface area contributed by atoms with Crippen LogP contribution in [0.1, 0.15) is 55.1 Å². The molecule has 2 N–H and O–H groups in total. The van der Waals surface area contributed by atoms with E-state index < -0.39 is 10.0 Å². The zero-order chi connectivity index (χ0) is 24.3. The Morgan fingerprint density at radius 1 is 1.03 bits per heavy atom. The van der Waals surface area contributed by atoms with Crippen LogP contribution in [0.4, 0.5) is 5.69 Å². The van der Waals surface area contributed by atoms with Crippen molar-refractivity contribution < 1.29 is 17.9 Å². The van der Waals surface area contributed by atoms with Gasteiger partial charge in [-0.1, -0.05) is 61.8 Å². The molecule has 3 aromatic rings. The smallest absolute Gasteiger partial charge is 0.261 e. The zero-order valence-electron chi connectivity index (χ0n) is 19.0. The first-order valence-electron chi connectivity index (χ1n) is 11.2. The fourth-order valence-electron chi connectivity index (χ4n) is 4.24. The van der Waals surface area contributed by atoms with Gasteiger partial charge in [0.25, 0.3) is 15.9 Å². The Hall–Kier alpha value is -3.03. The van der Waals surface area contributed by atoms with Gasteiger partial charge in [-0.05, 0) is 49.2 Å². The lowest BCUT2D eigenvalue weighted by Crippen LogP contribution is -2.44. The first kappa shape index (κ1) is 24.1. The average Bonchev–Trinajstić information content (AvgIpc) is 2.84. The minimum absolute atomic E-state index is 0.140. The molecule has 0 spiro atoms. The first-order valence-corrected chi connectivity index (χ1v) is 13.1. The van der Waals surface area contributed by atoms with E-state index in [-0.39, 0.29) is 38.7 Å². The molecule has 3 aromatic carbocycles. The molecule has 0 bridgehead atoms. The standard InChI is InChI=1S/C26H27ClN2O4S/c1-3-26(4-2)17-23(21-12-8-9-13-24(21)33-26)28-25(30)20-15-14-18(16-22(20)27)29-34(31,32)19-10-6-5-7-11-19/h5-16,23,29H,3-4,17H2,1-2H3,(H,28,30)/t23-/m1/s1. The van der Waals surface area contributed by atoms with Gasteiger partial charge < -0.3 is 10.1 Å². The molecule has 0 unspecified atom stereocenters. The number of para-hydroxylation sites is 1. The van der Waals surface area contributed by atoms with Crippen molar-refractivity contribution in [2.75, 3.05) is 4.72 Å². The molecule has 34 heavy (non-hydrogen) atoms. The van der Waals surface area contributed by atoms with Gasteiger partial charge in [0, 0.05) is 12.0 Å². The fourth-order valence-corrected chi connectivity index (χ4v) is 5.58. The predicted molar refractivity (Wildman–Crippen MR) is 134 cm³/mol. The van der Waals surface area contributed by atoms with Crippen LogP contribution < -0.4 is 14.8 Å². The van der Waals surface area contributed by atoms with E-state index in [2.05, 4.69) is 23.9 Å². The van der Waals surface area contributed by atoms with Crippen LogP contribution >= 0.6 is 11.6 Å². The number of benzene rings is 3. The van der Waals surface area contributed by atoms with Gasteiger partial charge in [-0.2, -0.15) is 0 Å². The Bertz CT molecular complexity index is 1290. The minimum atomic E-state index is -3.76. The molecule has 0 fully saturated rings. The van der Waals surface area contributed by atoms with Crippen molar-refractivity contribution in [3.63, 3.8) is 0 Å². The Balaban J connectivity index is 1.55. The Morgan fingerprint density at radius 3 is 2.38 bits per heavy atom. The number of amides is 1. The van der Waals surface area contributed by atoms with E-state index in [1.54, 1.807) is 18.2 Å². The maximum absolute atomic E-state index is 13.2. The van der Waals surface area contributed by atoms with Gasteiger partial charge in [-0.25, -0.2) is 8.42 Å². The van der Waals surface area contributed by atoms with Crippen molar-refractivity contribution >= 4 is 33.2 Å². The third kappa shape index (κ3) is 4.91. The number of nitrogens with one attached hydrogen (secondary N) is 2. The summed E-state index contributed by atoms with van der Waals surface area (Å²) >= 11 is 6.41. The first-order chi connectivity index (χ1) is 16.3. The van der Waals surface area contributed by atoms with E-state index in [1.165, 1.54) is 30.3 Å². The second kappa shape index (κ2) is 9.68. The highest BCUT2D eigenvalue weighted by molar-refractivity contribution is 7.92. The summed E-state index contributed by atoms with van der Waals surface area (Å²) in [4.78, 5) is 13.3. The van der Waals surface area contributed by atoms with Gasteiger partial charge in [0.1, 0.15) is 11.4 Å². The molecule has 0 aromatic heterocycles. The number of anilines is 1. The number of hydrogen-bond acceptors (Lipinski definition) is 4. The highest BCUT2D eigenvalue weighted by Crippen LogP contribution is 2.42. The number of carbonyl (C=O) groups is 1. The molecule has 1 atom stereocenters. The van der Waals surface area contributed by atoms with Crippen molar-refractivity contribution in [1.82, 2.24) is 5.32 Å². The summed E-state index contributed by atoms with van der Waals surface area (Å²) in [6, 6.07) is 20.0. The van der Waals surface area contributed by atoms with Crippen LogP contribution in [0.2, 0.25) is 5.02 Å². The molecular weight excluding hydrogens is 472 g/mol. The molecule has 178 valence electrons. The molecule has 1 aliphatic heterocycles. The summed E-state index contributed by atoms with van der Waals surface area (Å²) in [7, 11) is -3.76. The molecule has 1 heterocycles. The van der Waals surface area contributed by atoms with Crippen molar-refractivity contribution in [3.8, 4) is 5.75 Å². The van der Waals surface area contributed by atoms with Gasteiger partial charge in [0.05, 0.1) is 27.2 Å². The molecule has 0 aliphatic carbocycles. The van der Waals surface area contributed by atoms with Crippen molar-refractivity contribution in [3.05, 3.63) is 88.9 Å². The van der Waals surface area contributed by atoms with Crippen molar-refractivity contribution in [2.45, 2.75) is 49.6 Å². The Kier molecular flexibility index (Phi) is 6.86. The molecule has 1 amide bonds. The van der Waals surface area contributed by atoms with E-state index in [0.29, 0.717) is 6.42 Å². The highest BCUT2D eigenvalue weighted by Gasteiger charge is 2.39.